The molecule has 4 heterocycles. The predicted octanol–water partition coefficient (Wildman–Crippen LogP) is 4.43. The number of aryl methyl sites for hydroxylation is 1. The van der Waals surface area contributed by atoms with Crippen LogP contribution in [0.4, 0.5) is 29.6 Å². The summed E-state index contributed by atoms with van der Waals surface area (Å²) in [5.41, 5.74) is -1.36. The third kappa shape index (κ3) is 6.91. The van der Waals surface area contributed by atoms with Crippen LogP contribution in [0.2, 0.25) is 0 Å². The van der Waals surface area contributed by atoms with Gasteiger partial charge in [-0.3, -0.25) is 10.1 Å². The fourth-order valence-electron chi connectivity index (χ4n) is 4.21. The summed E-state index contributed by atoms with van der Waals surface area (Å²) >= 11 is 0.745. The molecule has 12 nitrogen and oxygen atoms in total. The fraction of sp³-hybridized carbons (Fsp3) is 0.333. The van der Waals surface area contributed by atoms with E-state index < -0.39 is 34.9 Å². The average molecular weight is 619 g/mol. The van der Waals surface area contributed by atoms with E-state index in [4.69, 9.17) is 4.98 Å². The number of carbonyl (C=O) groups excluding carboxylic acids is 1. The molecule has 0 saturated heterocycles. The number of carboxylic acid groups (broad SMARTS) is 1. The lowest BCUT2D eigenvalue weighted by Gasteiger charge is -2.18. The maximum Gasteiger partial charge on any atom is 0.434 e. The second kappa shape index (κ2) is 12.7. The number of halogens is 3. The van der Waals surface area contributed by atoms with Crippen molar-refractivity contribution >= 4 is 46.0 Å². The number of hydrogen-bond donors (Lipinski definition) is 4. The summed E-state index contributed by atoms with van der Waals surface area (Å²) in [6, 6.07) is 2.27. The lowest BCUT2D eigenvalue weighted by Crippen LogP contribution is -2.28. The number of fused-ring (bicyclic) bond motifs is 1. The number of anilines is 2. The number of carbonyl (C=O) groups is 2. The molecule has 0 radical (unpaired) electrons. The molecule has 4 N–H and O–H groups in total. The monoisotopic (exact) mass is 618 g/mol. The van der Waals surface area contributed by atoms with Crippen LogP contribution in [0.15, 0.2) is 34.7 Å². The van der Waals surface area contributed by atoms with Gasteiger partial charge in [0.1, 0.15) is 27.9 Å². The largest absolute Gasteiger partial charge is 0.477 e. The van der Waals surface area contributed by atoms with Crippen molar-refractivity contribution in [3.05, 3.63) is 51.4 Å². The van der Waals surface area contributed by atoms with Gasteiger partial charge in [0.05, 0.1) is 5.39 Å². The number of carboxylic acids is 1. The molecule has 228 valence electrons. The van der Waals surface area contributed by atoms with Crippen molar-refractivity contribution in [2.75, 3.05) is 44.4 Å². The molecule has 4 rings (SSSR count). The number of nitrogens with zero attached hydrogens (tertiary/aromatic N) is 5. The maximum atomic E-state index is 13.5. The Kier molecular flexibility index (Phi) is 9.30. The second-order valence-corrected chi connectivity index (χ2v) is 10.4. The Bertz CT molecular complexity index is 1740. The van der Waals surface area contributed by atoms with Crippen molar-refractivity contribution < 1.29 is 27.9 Å². The minimum Gasteiger partial charge on any atom is -0.477 e. The zero-order valence-corrected chi connectivity index (χ0v) is 24.5. The van der Waals surface area contributed by atoms with Crippen molar-refractivity contribution in [2.45, 2.75) is 26.6 Å². The first-order valence-electron chi connectivity index (χ1n) is 13.1. The number of amides is 2. The molecule has 0 aliphatic rings. The molecule has 0 atom stereocenters. The van der Waals surface area contributed by atoms with Crippen LogP contribution in [0.1, 0.15) is 29.9 Å². The van der Waals surface area contributed by atoms with E-state index in [0.717, 1.165) is 16.7 Å². The lowest BCUT2D eigenvalue weighted by atomic mass is 10.0. The molecule has 0 saturated carbocycles. The third-order valence-corrected chi connectivity index (χ3v) is 7.14. The zero-order valence-electron chi connectivity index (χ0n) is 23.7. The normalized spacial score (nSPS) is 11.6. The van der Waals surface area contributed by atoms with Crippen LogP contribution in [0.25, 0.3) is 32.7 Å². The molecular weight excluding hydrogens is 589 g/mol. The van der Waals surface area contributed by atoms with Crippen LogP contribution in [-0.4, -0.2) is 75.3 Å². The first-order chi connectivity index (χ1) is 20.3. The number of nitrogens with one attached hydrogen (secondary N) is 3. The summed E-state index contributed by atoms with van der Waals surface area (Å²) in [6.45, 7) is 5.14. The Hall–Kier alpha value is -4.57. The van der Waals surface area contributed by atoms with Gasteiger partial charge in [0.15, 0.2) is 5.69 Å². The van der Waals surface area contributed by atoms with Gasteiger partial charge in [-0.1, -0.05) is 0 Å². The average Bonchev–Trinajstić information content (AvgIpc) is 3.44. The second-order valence-electron chi connectivity index (χ2n) is 9.58. The van der Waals surface area contributed by atoms with Gasteiger partial charge >= 0.3 is 18.2 Å². The summed E-state index contributed by atoms with van der Waals surface area (Å²) in [4.78, 5) is 52.0. The van der Waals surface area contributed by atoms with Crippen LogP contribution in [0, 0.1) is 0 Å². The van der Waals surface area contributed by atoms with Gasteiger partial charge in [0.2, 0.25) is 5.43 Å². The van der Waals surface area contributed by atoms with Crippen LogP contribution in [-0.2, 0) is 12.7 Å². The number of alkyl halides is 3. The van der Waals surface area contributed by atoms with E-state index in [-0.39, 0.29) is 38.5 Å². The molecule has 16 heteroatoms. The molecular formula is C27H29F3N8O4S. The number of likely N-dealkylation sites (N-methyl/N-ethyl adjacent to an activating group) is 1. The molecule has 0 aliphatic carbocycles. The topological polar surface area (TPSA) is 154 Å². The van der Waals surface area contributed by atoms with E-state index >= 15 is 0 Å². The van der Waals surface area contributed by atoms with E-state index in [9.17, 15) is 32.7 Å². The summed E-state index contributed by atoms with van der Waals surface area (Å²) < 4.78 is 42.0. The maximum absolute atomic E-state index is 13.5. The predicted molar refractivity (Wildman–Crippen MR) is 158 cm³/mol. The van der Waals surface area contributed by atoms with E-state index in [0.29, 0.717) is 32.0 Å². The van der Waals surface area contributed by atoms with Gasteiger partial charge < -0.3 is 25.2 Å². The Morgan fingerprint density at radius 3 is 2.47 bits per heavy atom. The minimum absolute atomic E-state index is 0.000467. The Morgan fingerprint density at radius 1 is 1.12 bits per heavy atom. The van der Waals surface area contributed by atoms with Crippen LogP contribution < -0.4 is 21.4 Å². The van der Waals surface area contributed by atoms with Crippen molar-refractivity contribution in [3.8, 4) is 21.7 Å². The van der Waals surface area contributed by atoms with Crippen LogP contribution >= 0.6 is 11.3 Å². The molecule has 0 aliphatic heterocycles. The smallest absolute Gasteiger partial charge is 0.434 e. The van der Waals surface area contributed by atoms with Gasteiger partial charge in [0, 0.05) is 60.6 Å². The number of pyridine rings is 3. The van der Waals surface area contributed by atoms with Gasteiger partial charge in [-0.2, -0.15) is 13.2 Å². The zero-order chi connectivity index (χ0) is 31.5. The molecule has 0 unspecified atom stereocenters. The van der Waals surface area contributed by atoms with Gasteiger partial charge in [-0.05, 0) is 40.1 Å². The van der Waals surface area contributed by atoms with Gasteiger partial charge in [-0.15, -0.1) is 11.3 Å². The number of urea groups is 1. The third-order valence-electron chi connectivity index (χ3n) is 6.27. The molecule has 4 aromatic heterocycles. The molecule has 0 bridgehead atoms. The van der Waals surface area contributed by atoms with E-state index in [1.54, 1.807) is 13.8 Å². The van der Waals surface area contributed by atoms with Crippen molar-refractivity contribution in [3.63, 3.8) is 0 Å². The highest BCUT2D eigenvalue weighted by molar-refractivity contribution is 7.13. The van der Waals surface area contributed by atoms with Gasteiger partial charge in [0.25, 0.3) is 0 Å². The van der Waals surface area contributed by atoms with Crippen LogP contribution in [0.3, 0.4) is 0 Å². The number of aromatic carboxylic acids is 1. The van der Waals surface area contributed by atoms with Crippen molar-refractivity contribution in [1.82, 2.24) is 29.7 Å². The number of aromatic nitrogens is 4. The first kappa shape index (κ1) is 31.4. The van der Waals surface area contributed by atoms with Gasteiger partial charge in [-0.25, -0.2) is 24.5 Å². The number of thiazole rings is 1. The molecule has 0 spiro atoms. The number of rotatable bonds is 10. The fourth-order valence-corrected chi connectivity index (χ4v) is 5.06. The number of hydrogen-bond acceptors (Lipinski definition) is 9. The highest BCUT2D eigenvalue weighted by Gasteiger charge is 2.34. The Labute approximate surface area is 247 Å². The van der Waals surface area contributed by atoms with E-state index in [1.165, 1.54) is 29.1 Å². The SMILES string of the molecule is CCNC(=O)Nc1cc(-c2nc(C(F)(F)F)cs2)c(-c2cc3c(=O)c(C(=O)O)cn(CC)c3nc2NCCN(C)C)cn1. The molecule has 0 aromatic carbocycles. The first-order valence-corrected chi connectivity index (χ1v) is 14.0. The standard InChI is InChI=1S/C27H29F3N8O4S/c1-5-31-26(42)35-20-10-15(24-34-19(13-43-24)27(28,29)30)17(11-33-20)14-9-16-21(39)18(25(40)41)12-38(6-2)23(16)36-22(14)32-7-8-37(3)4/h9-13H,5-8H2,1-4H3,(H,32,36)(H,40,41)(H2,31,33,35,42). The molecule has 4 aromatic rings. The Morgan fingerprint density at radius 2 is 1.86 bits per heavy atom. The van der Waals surface area contributed by atoms with E-state index in [2.05, 4.69) is 25.9 Å². The van der Waals surface area contributed by atoms with E-state index in [1.807, 2.05) is 19.0 Å². The highest BCUT2D eigenvalue weighted by atomic mass is 32.1. The van der Waals surface area contributed by atoms with Crippen LogP contribution in [0.5, 0.6) is 0 Å². The summed E-state index contributed by atoms with van der Waals surface area (Å²) in [7, 11) is 3.75. The summed E-state index contributed by atoms with van der Waals surface area (Å²) in [5.74, 6) is -1.07. The van der Waals surface area contributed by atoms with Crippen molar-refractivity contribution in [2.24, 2.45) is 0 Å². The Balaban J connectivity index is 2.02. The van der Waals surface area contributed by atoms with Crippen molar-refractivity contribution in [1.29, 1.82) is 0 Å². The minimum atomic E-state index is -4.69. The molecule has 2 amide bonds. The summed E-state index contributed by atoms with van der Waals surface area (Å²) in [5, 5.41) is 18.8. The molecule has 0 fully saturated rings. The highest BCUT2D eigenvalue weighted by Crippen LogP contribution is 2.40. The lowest BCUT2D eigenvalue weighted by molar-refractivity contribution is -0.140. The molecule has 43 heavy (non-hydrogen) atoms. The quantitative estimate of drug-likeness (QED) is 0.202. The summed E-state index contributed by atoms with van der Waals surface area (Å²) in [6.07, 6.45) is -2.12.